The van der Waals surface area contributed by atoms with Gasteiger partial charge in [0.1, 0.15) is 17.2 Å². The maximum absolute atomic E-state index is 13.5. The van der Waals surface area contributed by atoms with E-state index in [9.17, 15) is 13.6 Å². The van der Waals surface area contributed by atoms with E-state index in [1.807, 2.05) is 18.2 Å². The maximum atomic E-state index is 13.5. The first-order valence-electron chi connectivity index (χ1n) is 12.2. The molecular formula is C28H31BrF2N4O. The van der Waals surface area contributed by atoms with Crippen LogP contribution in [-0.4, -0.2) is 49.2 Å². The van der Waals surface area contributed by atoms with Crippen molar-refractivity contribution < 1.29 is 13.6 Å². The minimum absolute atomic E-state index is 0. The Morgan fingerprint density at radius 1 is 0.833 bits per heavy atom. The van der Waals surface area contributed by atoms with Gasteiger partial charge in [-0.25, -0.2) is 8.78 Å². The number of hydrogen-bond donors (Lipinski definition) is 1. The normalized spacial score (nSPS) is 17.1. The predicted octanol–water partition coefficient (Wildman–Crippen LogP) is 5.50. The molecule has 3 aromatic carbocycles. The molecule has 5 nitrogen and oxygen atoms in total. The number of amides is 1. The summed E-state index contributed by atoms with van der Waals surface area (Å²) >= 11 is 0. The average molecular weight is 557 g/mol. The molecule has 190 valence electrons. The van der Waals surface area contributed by atoms with Crippen LogP contribution in [-0.2, 0) is 4.79 Å². The fraction of sp³-hybridized carbons (Fsp3) is 0.321. The lowest BCUT2D eigenvalue weighted by molar-refractivity contribution is -0.125. The van der Waals surface area contributed by atoms with Gasteiger partial charge in [-0.15, -0.1) is 17.0 Å². The number of hydrogen-bond acceptors (Lipinski definition) is 4. The number of anilines is 3. The van der Waals surface area contributed by atoms with Crippen LogP contribution in [0.5, 0.6) is 0 Å². The van der Waals surface area contributed by atoms with E-state index in [0.29, 0.717) is 6.67 Å². The third-order valence-corrected chi connectivity index (χ3v) is 7.22. The van der Waals surface area contributed by atoms with E-state index < -0.39 is 5.54 Å². The lowest BCUT2D eigenvalue weighted by Gasteiger charge is -2.43. The van der Waals surface area contributed by atoms with Gasteiger partial charge in [0, 0.05) is 36.7 Å². The summed E-state index contributed by atoms with van der Waals surface area (Å²) in [5.41, 5.74) is 2.34. The van der Waals surface area contributed by atoms with Gasteiger partial charge in [-0.1, -0.05) is 18.2 Å². The van der Waals surface area contributed by atoms with Crippen molar-refractivity contribution in [2.75, 3.05) is 42.6 Å². The standard InChI is InChI=1S/C28H30F2N4O.BrH/c29-22-7-11-24(12-8-22)33(25-13-9-23(30)10-14-25)18-4-17-32-19-15-28(16-20-32)27(35)31-21-34(28)26-5-2-1-3-6-26;/h1-3,5-14H,4,15-21H2,(H,31,35);1H. The van der Waals surface area contributed by atoms with E-state index in [1.165, 1.54) is 24.3 Å². The van der Waals surface area contributed by atoms with E-state index in [2.05, 4.69) is 32.1 Å². The van der Waals surface area contributed by atoms with E-state index in [4.69, 9.17) is 0 Å². The fourth-order valence-corrected chi connectivity index (χ4v) is 5.28. The zero-order valence-electron chi connectivity index (χ0n) is 20.1. The number of nitrogens with one attached hydrogen (secondary N) is 1. The summed E-state index contributed by atoms with van der Waals surface area (Å²) in [4.78, 5) is 19.6. The molecule has 2 fully saturated rings. The molecule has 1 spiro atoms. The fourth-order valence-electron chi connectivity index (χ4n) is 5.28. The lowest BCUT2D eigenvalue weighted by atomic mass is 9.85. The first kappa shape index (κ1) is 26.1. The summed E-state index contributed by atoms with van der Waals surface area (Å²) in [6.07, 6.45) is 2.46. The Hall–Kier alpha value is -2.97. The Balaban J connectivity index is 0.00000304. The molecule has 36 heavy (non-hydrogen) atoms. The molecule has 2 aliphatic rings. The third-order valence-electron chi connectivity index (χ3n) is 7.22. The summed E-state index contributed by atoms with van der Waals surface area (Å²) in [5, 5.41) is 3.05. The molecule has 2 heterocycles. The van der Waals surface area contributed by atoms with Crippen molar-refractivity contribution in [2.45, 2.75) is 24.8 Å². The molecule has 5 rings (SSSR count). The van der Waals surface area contributed by atoms with Crippen LogP contribution < -0.4 is 15.1 Å². The first-order chi connectivity index (χ1) is 17.0. The van der Waals surface area contributed by atoms with E-state index in [0.717, 1.165) is 62.5 Å². The minimum atomic E-state index is -0.480. The number of halogens is 3. The van der Waals surface area contributed by atoms with Gasteiger partial charge in [0.25, 0.3) is 0 Å². The van der Waals surface area contributed by atoms with Gasteiger partial charge in [-0.05, 0) is 86.5 Å². The first-order valence-corrected chi connectivity index (χ1v) is 12.2. The second-order valence-electron chi connectivity index (χ2n) is 9.26. The topological polar surface area (TPSA) is 38.8 Å². The number of carbonyl (C=O) groups excluding carboxylic acids is 1. The SMILES string of the molecule is Br.O=C1NCN(c2ccccc2)C12CCN(CCCN(c1ccc(F)cc1)c1ccc(F)cc1)CC2. The molecule has 1 amide bonds. The van der Waals surface area contributed by atoms with Crippen LogP contribution in [0, 0.1) is 11.6 Å². The highest BCUT2D eigenvalue weighted by Crippen LogP contribution is 2.36. The summed E-state index contributed by atoms with van der Waals surface area (Å²) < 4.78 is 27.0. The van der Waals surface area contributed by atoms with Crippen molar-refractivity contribution in [1.82, 2.24) is 10.2 Å². The Kier molecular flexibility index (Phi) is 8.26. The Bertz CT molecular complexity index is 1090. The minimum Gasteiger partial charge on any atom is -0.341 e. The van der Waals surface area contributed by atoms with Crippen LogP contribution >= 0.6 is 17.0 Å². The van der Waals surface area contributed by atoms with Crippen LogP contribution in [0.4, 0.5) is 25.8 Å². The van der Waals surface area contributed by atoms with E-state index in [-0.39, 0.29) is 34.5 Å². The summed E-state index contributed by atoms with van der Waals surface area (Å²) in [6.45, 7) is 3.86. The zero-order valence-corrected chi connectivity index (χ0v) is 21.8. The molecule has 0 aromatic heterocycles. The van der Waals surface area contributed by atoms with Crippen molar-refractivity contribution in [2.24, 2.45) is 0 Å². The molecule has 8 heteroatoms. The largest absolute Gasteiger partial charge is 0.341 e. The Labute approximate surface area is 221 Å². The molecule has 0 bridgehead atoms. The van der Waals surface area contributed by atoms with Gasteiger partial charge in [0.15, 0.2) is 0 Å². The summed E-state index contributed by atoms with van der Waals surface area (Å²) in [7, 11) is 0. The molecular weight excluding hydrogens is 526 g/mol. The monoisotopic (exact) mass is 556 g/mol. The smallest absolute Gasteiger partial charge is 0.247 e. The van der Waals surface area contributed by atoms with Crippen LogP contribution in [0.15, 0.2) is 78.9 Å². The van der Waals surface area contributed by atoms with E-state index in [1.54, 1.807) is 24.3 Å². The molecule has 0 unspecified atom stereocenters. The molecule has 0 aliphatic carbocycles. The maximum Gasteiger partial charge on any atom is 0.247 e. The number of benzene rings is 3. The zero-order chi connectivity index (χ0) is 24.3. The van der Waals surface area contributed by atoms with E-state index >= 15 is 0 Å². The highest BCUT2D eigenvalue weighted by Gasteiger charge is 2.50. The number of likely N-dealkylation sites (tertiary alicyclic amines) is 1. The predicted molar refractivity (Wildman–Crippen MR) is 145 cm³/mol. The van der Waals surface area contributed by atoms with Crippen LogP contribution in [0.1, 0.15) is 19.3 Å². The number of nitrogens with zero attached hydrogens (tertiary/aromatic N) is 3. The molecule has 2 saturated heterocycles. The van der Waals surface area contributed by atoms with Crippen molar-refractivity contribution in [3.05, 3.63) is 90.5 Å². The second kappa shape index (κ2) is 11.4. The van der Waals surface area contributed by atoms with Gasteiger partial charge >= 0.3 is 0 Å². The Morgan fingerprint density at radius 2 is 1.39 bits per heavy atom. The quantitative estimate of drug-likeness (QED) is 0.417. The number of piperidine rings is 1. The van der Waals surface area contributed by atoms with Gasteiger partial charge in [0.05, 0.1) is 6.67 Å². The van der Waals surface area contributed by atoms with Gasteiger partial charge < -0.3 is 20.0 Å². The number of para-hydroxylation sites is 1. The van der Waals surface area contributed by atoms with Gasteiger partial charge in [0.2, 0.25) is 5.91 Å². The molecule has 1 N–H and O–H groups in total. The highest BCUT2D eigenvalue weighted by molar-refractivity contribution is 8.93. The highest BCUT2D eigenvalue weighted by atomic mass is 79.9. The molecule has 3 aromatic rings. The number of rotatable bonds is 7. The van der Waals surface area contributed by atoms with Gasteiger partial charge in [-0.3, -0.25) is 4.79 Å². The average Bonchev–Trinajstić information content (AvgIpc) is 3.20. The van der Waals surface area contributed by atoms with Crippen LogP contribution in [0.2, 0.25) is 0 Å². The second-order valence-corrected chi connectivity index (χ2v) is 9.26. The summed E-state index contributed by atoms with van der Waals surface area (Å²) in [5.74, 6) is -0.439. The molecule has 0 saturated carbocycles. The third kappa shape index (κ3) is 5.39. The lowest BCUT2D eigenvalue weighted by Crippen LogP contribution is -2.56. The molecule has 0 atom stereocenters. The molecule has 0 radical (unpaired) electrons. The Morgan fingerprint density at radius 3 is 1.94 bits per heavy atom. The van der Waals surface area contributed by atoms with Crippen LogP contribution in [0.25, 0.3) is 0 Å². The summed E-state index contributed by atoms with van der Waals surface area (Å²) in [6, 6.07) is 22.9. The molecule has 2 aliphatic heterocycles. The van der Waals surface area contributed by atoms with Crippen LogP contribution in [0.3, 0.4) is 0 Å². The van der Waals surface area contributed by atoms with Crippen molar-refractivity contribution in [3.63, 3.8) is 0 Å². The van der Waals surface area contributed by atoms with Crippen molar-refractivity contribution in [1.29, 1.82) is 0 Å². The van der Waals surface area contributed by atoms with Crippen molar-refractivity contribution >= 4 is 40.0 Å². The van der Waals surface area contributed by atoms with Gasteiger partial charge in [-0.2, -0.15) is 0 Å². The van der Waals surface area contributed by atoms with Crippen molar-refractivity contribution in [3.8, 4) is 0 Å². The number of carbonyl (C=O) groups is 1.